The van der Waals surface area contributed by atoms with E-state index in [4.69, 9.17) is 6.58 Å². The number of hydrogen-bond acceptors (Lipinski definition) is 0. The minimum Gasteiger partial charge on any atom is -0.0702 e. The smallest absolute Gasteiger partial charge is 0.0317 e. The predicted molar refractivity (Wildman–Crippen MR) is 65.3 cm³/mol. The Morgan fingerprint density at radius 1 is 0.714 bits per heavy atom. The second-order valence-electron chi connectivity index (χ2n) is 4.28. The van der Waals surface area contributed by atoms with E-state index in [1.54, 1.807) is 0 Å². The van der Waals surface area contributed by atoms with Gasteiger partial charge in [0.15, 0.2) is 0 Å². The zero-order valence-corrected chi connectivity index (χ0v) is 10.1. The molecular weight excluding hydrogens is 168 g/mol. The molecule has 0 nitrogen and oxygen atoms in total. The lowest BCUT2D eigenvalue weighted by Crippen LogP contribution is -1.85. The standard InChI is InChI=1S/C14H27/c1-4-6-8-10-12-14(3)13-11-9-7-5-2/h3H,4-13H2,1-2H3. The van der Waals surface area contributed by atoms with E-state index in [1.165, 1.54) is 56.9 Å². The zero-order valence-electron chi connectivity index (χ0n) is 10.1. The van der Waals surface area contributed by atoms with Crippen molar-refractivity contribution in [3.05, 3.63) is 12.2 Å². The van der Waals surface area contributed by atoms with E-state index < -0.39 is 0 Å². The van der Waals surface area contributed by atoms with Gasteiger partial charge in [0.25, 0.3) is 0 Å². The molecule has 0 saturated heterocycles. The maximum absolute atomic E-state index is 5.95. The van der Waals surface area contributed by atoms with Crippen molar-refractivity contribution >= 4 is 0 Å². The first-order chi connectivity index (χ1) is 6.81. The van der Waals surface area contributed by atoms with Gasteiger partial charge in [-0.15, -0.1) is 0 Å². The summed E-state index contributed by atoms with van der Waals surface area (Å²) < 4.78 is 0. The fourth-order valence-corrected chi connectivity index (χ4v) is 1.68. The van der Waals surface area contributed by atoms with Gasteiger partial charge >= 0.3 is 0 Å². The molecule has 0 rings (SSSR count). The van der Waals surface area contributed by atoms with Crippen molar-refractivity contribution in [1.82, 2.24) is 0 Å². The van der Waals surface area contributed by atoms with Gasteiger partial charge in [0.05, 0.1) is 0 Å². The summed E-state index contributed by atoms with van der Waals surface area (Å²) in [5.74, 6) is 0. The van der Waals surface area contributed by atoms with Crippen LogP contribution in [0, 0.1) is 6.58 Å². The Morgan fingerprint density at radius 2 is 1.14 bits per heavy atom. The Kier molecular flexibility index (Phi) is 10.6. The van der Waals surface area contributed by atoms with Crippen LogP contribution < -0.4 is 0 Å². The lowest BCUT2D eigenvalue weighted by atomic mass is 10.0. The highest BCUT2D eigenvalue weighted by atomic mass is 14.0. The van der Waals surface area contributed by atoms with Crippen LogP contribution in [0.5, 0.6) is 0 Å². The molecule has 0 N–H and O–H groups in total. The molecule has 14 heavy (non-hydrogen) atoms. The molecule has 0 spiro atoms. The Balaban J connectivity index is 3.11. The lowest BCUT2D eigenvalue weighted by molar-refractivity contribution is 0.625. The van der Waals surface area contributed by atoms with Crippen LogP contribution in [0.15, 0.2) is 5.57 Å². The maximum atomic E-state index is 5.95. The monoisotopic (exact) mass is 195 g/mol. The normalized spacial score (nSPS) is 10.4. The van der Waals surface area contributed by atoms with Crippen LogP contribution in [-0.4, -0.2) is 0 Å². The van der Waals surface area contributed by atoms with Gasteiger partial charge in [-0.05, 0) is 25.7 Å². The van der Waals surface area contributed by atoms with Crippen LogP contribution in [-0.2, 0) is 0 Å². The first-order valence-corrected chi connectivity index (χ1v) is 6.41. The summed E-state index contributed by atoms with van der Waals surface area (Å²) in [6, 6.07) is 0. The molecule has 83 valence electrons. The Morgan fingerprint density at radius 3 is 1.50 bits per heavy atom. The van der Waals surface area contributed by atoms with Crippen LogP contribution in [0.1, 0.15) is 78.1 Å². The highest BCUT2D eigenvalue weighted by molar-refractivity contribution is 4.90. The molecule has 0 atom stereocenters. The van der Waals surface area contributed by atoms with Crippen molar-refractivity contribution < 1.29 is 0 Å². The predicted octanol–water partition coefficient (Wildman–Crippen LogP) is 5.29. The number of allylic oxidation sites excluding steroid dienone is 1. The summed E-state index contributed by atoms with van der Waals surface area (Å²) in [6.45, 7) is 10.5. The van der Waals surface area contributed by atoms with Crippen molar-refractivity contribution in [2.75, 3.05) is 0 Å². The molecule has 0 aliphatic heterocycles. The molecule has 0 unspecified atom stereocenters. The molecule has 0 aliphatic carbocycles. The minimum atomic E-state index is 1.16. The van der Waals surface area contributed by atoms with Gasteiger partial charge in [0, 0.05) is 0 Å². The van der Waals surface area contributed by atoms with Gasteiger partial charge in [-0.25, -0.2) is 0 Å². The largest absolute Gasteiger partial charge is 0.0702 e. The summed E-state index contributed by atoms with van der Waals surface area (Å²) in [5, 5.41) is 0. The van der Waals surface area contributed by atoms with E-state index >= 15 is 0 Å². The molecule has 0 heterocycles. The summed E-state index contributed by atoms with van der Waals surface area (Å²) in [4.78, 5) is 0. The number of rotatable bonds is 10. The fraction of sp³-hybridized carbons (Fsp3) is 0.857. The van der Waals surface area contributed by atoms with Crippen molar-refractivity contribution in [2.45, 2.75) is 78.1 Å². The second kappa shape index (κ2) is 10.8. The van der Waals surface area contributed by atoms with Crippen LogP contribution in [0.25, 0.3) is 0 Å². The minimum absolute atomic E-state index is 1.16. The summed E-state index contributed by atoms with van der Waals surface area (Å²) in [6.07, 6.45) is 13.0. The average molecular weight is 195 g/mol. The molecule has 0 bridgehead atoms. The van der Waals surface area contributed by atoms with Gasteiger partial charge in [-0.3, -0.25) is 0 Å². The molecular formula is C14H27. The van der Waals surface area contributed by atoms with Gasteiger partial charge < -0.3 is 0 Å². The average Bonchev–Trinajstić information content (AvgIpc) is 2.19. The van der Waals surface area contributed by atoms with Gasteiger partial charge in [0.2, 0.25) is 0 Å². The first kappa shape index (κ1) is 13.7. The van der Waals surface area contributed by atoms with Crippen molar-refractivity contribution in [3.63, 3.8) is 0 Å². The Hall–Kier alpha value is -0.260. The molecule has 0 heteroatoms. The third kappa shape index (κ3) is 9.83. The van der Waals surface area contributed by atoms with E-state index in [0.29, 0.717) is 0 Å². The molecule has 0 aromatic carbocycles. The van der Waals surface area contributed by atoms with Gasteiger partial charge in [0.1, 0.15) is 0 Å². The van der Waals surface area contributed by atoms with E-state index in [2.05, 4.69) is 13.8 Å². The Bertz CT molecular complexity index is 110. The van der Waals surface area contributed by atoms with E-state index in [-0.39, 0.29) is 0 Å². The van der Waals surface area contributed by atoms with Crippen LogP contribution >= 0.6 is 0 Å². The van der Waals surface area contributed by atoms with Crippen LogP contribution in [0.2, 0.25) is 0 Å². The molecule has 0 fully saturated rings. The van der Waals surface area contributed by atoms with E-state index in [9.17, 15) is 0 Å². The first-order valence-electron chi connectivity index (χ1n) is 6.41. The summed E-state index contributed by atoms with van der Waals surface area (Å²) in [7, 11) is 0. The molecule has 0 saturated carbocycles. The third-order valence-electron chi connectivity index (χ3n) is 2.70. The molecule has 0 aromatic heterocycles. The number of unbranched alkanes of at least 4 members (excludes halogenated alkanes) is 6. The summed E-state index contributed by atoms with van der Waals surface area (Å²) >= 11 is 0. The van der Waals surface area contributed by atoms with Crippen molar-refractivity contribution in [2.24, 2.45) is 0 Å². The fourth-order valence-electron chi connectivity index (χ4n) is 1.68. The molecule has 0 aliphatic rings. The molecule has 1 radical (unpaired) electrons. The highest BCUT2D eigenvalue weighted by Gasteiger charge is 1.95. The SMILES string of the molecule is [CH]=C(CCCCCC)CCCCCC. The third-order valence-corrected chi connectivity index (χ3v) is 2.70. The van der Waals surface area contributed by atoms with Gasteiger partial charge in [-0.1, -0.05) is 64.5 Å². The highest BCUT2D eigenvalue weighted by Crippen LogP contribution is 2.15. The van der Waals surface area contributed by atoms with E-state index in [1.807, 2.05) is 0 Å². The topological polar surface area (TPSA) is 0 Å². The van der Waals surface area contributed by atoms with Crippen LogP contribution in [0.4, 0.5) is 0 Å². The van der Waals surface area contributed by atoms with Crippen molar-refractivity contribution in [3.8, 4) is 0 Å². The Labute approximate surface area is 90.8 Å². The maximum Gasteiger partial charge on any atom is -0.0317 e. The zero-order chi connectivity index (χ0) is 10.6. The molecule has 0 aromatic rings. The molecule has 0 amide bonds. The lowest BCUT2D eigenvalue weighted by Gasteiger charge is -2.04. The van der Waals surface area contributed by atoms with Crippen LogP contribution in [0.3, 0.4) is 0 Å². The number of hydrogen-bond donors (Lipinski definition) is 0. The van der Waals surface area contributed by atoms with Gasteiger partial charge in [-0.2, -0.15) is 0 Å². The van der Waals surface area contributed by atoms with Crippen molar-refractivity contribution in [1.29, 1.82) is 0 Å². The quantitative estimate of drug-likeness (QED) is 0.416. The second-order valence-corrected chi connectivity index (χ2v) is 4.28. The summed E-state index contributed by atoms with van der Waals surface area (Å²) in [5.41, 5.74) is 1.23. The van der Waals surface area contributed by atoms with E-state index in [0.717, 1.165) is 12.8 Å².